The Bertz CT molecular complexity index is 792. The topological polar surface area (TPSA) is 23.6 Å². The Morgan fingerprint density at radius 3 is 2.32 bits per heavy atom. The first-order valence-corrected chi connectivity index (χ1v) is 7.81. The van der Waals surface area contributed by atoms with Gasteiger partial charge in [0.25, 0.3) is 0 Å². The van der Waals surface area contributed by atoms with Gasteiger partial charge in [0, 0.05) is 25.3 Å². The minimum Gasteiger partial charge on any atom is -0.318 e. The summed E-state index contributed by atoms with van der Waals surface area (Å²) in [6.07, 6.45) is -4.39. The number of hydrogen-bond acceptors (Lipinski definition) is 1. The van der Waals surface area contributed by atoms with Crippen molar-refractivity contribution in [1.29, 1.82) is 0 Å². The predicted molar refractivity (Wildman–Crippen MR) is 86.0 cm³/mol. The highest BCUT2D eigenvalue weighted by Crippen LogP contribution is 2.30. The Morgan fingerprint density at radius 2 is 1.72 bits per heavy atom. The molecule has 0 atom stereocenters. The molecule has 2 amide bonds. The smallest absolute Gasteiger partial charge is 0.318 e. The number of hydrogen-bond donors (Lipinski definition) is 0. The monoisotopic (exact) mass is 372 g/mol. The summed E-state index contributed by atoms with van der Waals surface area (Å²) in [7, 11) is 0. The molecule has 8 heteroatoms. The molecule has 1 aliphatic heterocycles. The average molecular weight is 373 g/mol. The third kappa shape index (κ3) is 3.71. The summed E-state index contributed by atoms with van der Waals surface area (Å²) >= 11 is 5.74. The minimum atomic E-state index is -4.39. The average Bonchev–Trinajstić information content (AvgIpc) is 2.91. The second kappa shape index (κ2) is 6.55. The Balaban J connectivity index is 1.71. The summed E-state index contributed by atoms with van der Waals surface area (Å²) in [4.78, 5) is 15.4. The fourth-order valence-electron chi connectivity index (χ4n) is 2.64. The molecule has 0 aliphatic carbocycles. The summed E-state index contributed by atoms with van der Waals surface area (Å²) in [5, 5.41) is -0.0773. The third-order valence-corrected chi connectivity index (χ3v) is 4.25. The van der Waals surface area contributed by atoms with E-state index in [4.69, 9.17) is 11.6 Å². The molecule has 3 nitrogen and oxygen atoms in total. The van der Waals surface area contributed by atoms with Crippen LogP contribution in [0.3, 0.4) is 0 Å². The zero-order chi connectivity index (χ0) is 18.2. The van der Waals surface area contributed by atoms with E-state index in [-0.39, 0.29) is 17.6 Å². The largest absolute Gasteiger partial charge is 0.416 e. The number of carbonyl (C=O) groups excluding carboxylic acids is 1. The molecule has 2 aromatic rings. The Hall–Kier alpha value is -2.28. The first kappa shape index (κ1) is 17.5. The van der Waals surface area contributed by atoms with Crippen molar-refractivity contribution in [3.05, 3.63) is 64.4 Å². The van der Waals surface area contributed by atoms with Crippen LogP contribution in [0.1, 0.15) is 11.1 Å². The van der Waals surface area contributed by atoms with Crippen LogP contribution in [0.15, 0.2) is 42.5 Å². The summed E-state index contributed by atoms with van der Waals surface area (Å²) < 4.78 is 51.0. The maximum atomic E-state index is 13.2. The number of nitrogens with zero attached hydrogens (tertiary/aromatic N) is 2. The molecule has 2 aromatic carbocycles. The zero-order valence-electron chi connectivity index (χ0n) is 12.9. The molecular weight excluding hydrogens is 360 g/mol. The molecule has 1 saturated heterocycles. The number of anilines is 1. The number of benzene rings is 2. The number of alkyl halides is 3. The summed E-state index contributed by atoms with van der Waals surface area (Å²) in [6.45, 7) is 0.999. The third-order valence-electron chi connectivity index (χ3n) is 3.96. The van der Waals surface area contributed by atoms with Crippen LogP contribution in [0.2, 0.25) is 5.02 Å². The second-order valence-electron chi connectivity index (χ2n) is 5.65. The number of urea groups is 1. The van der Waals surface area contributed by atoms with Crippen LogP contribution < -0.4 is 4.90 Å². The molecule has 0 spiro atoms. The van der Waals surface area contributed by atoms with Crippen molar-refractivity contribution in [3.63, 3.8) is 0 Å². The van der Waals surface area contributed by atoms with Crippen LogP contribution >= 0.6 is 11.6 Å². The van der Waals surface area contributed by atoms with E-state index in [0.717, 1.165) is 12.1 Å². The van der Waals surface area contributed by atoms with Crippen molar-refractivity contribution in [3.8, 4) is 0 Å². The van der Waals surface area contributed by atoms with Gasteiger partial charge in [0.15, 0.2) is 0 Å². The van der Waals surface area contributed by atoms with Crippen molar-refractivity contribution in [2.24, 2.45) is 0 Å². The Morgan fingerprint density at radius 1 is 1.04 bits per heavy atom. The first-order valence-electron chi connectivity index (χ1n) is 7.43. The van der Waals surface area contributed by atoms with Gasteiger partial charge in [-0.2, -0.15) is 13.2 Å². The lowest BCUT2D eigenvalue weighted by atomic mass is 10.1. The van der Waals surface area contributed by atoms with Gasteiger partial charge in [-0.15, -0.1) is 0 Å². The van der Waals surface area contributed by atoms with E-state index >= 15 is 0 Å². The molecule has 3 rings (SSSR count). The molecular formula is C17H13ClF4N2O. The summed E-state index contributed by atoms with van der Waals surface area (Å²) in [6, 6.07) is 8.41. The first-order chi connectivity index (χ1) is 11.8. The highest BCUT2D eigenvalue weighted by molar-refractivity contribution is 6.31. The van der Waals surface area contributed by atoms with Gasteiger partial charge in [-0.3, -0.25) is 4.90 Å². The molecule has 0 aromatic heterocycles. The van der Waals surface area contributed by atoms with Gasteiger partial charge in [-0.05, 0) is 35.9 Å². The predicted octanol–water partition coefficient (Wildman–Crippen LogP) is 4.94. The van der Waals surface area contributed by atoms with Gasteiger partial charge in [-0.1, -0.05) is 23.7 Å². The van der Waals surface area contributed by atoms with Gasteiger partial charge < -0.3 is 4.90 Å². The molecule has 0 saturated carbocycles. The van der Waals surface area contributed by atoms with Crippen molar-refractivity contribution < 1.29 is 22.4 Å². The Kier molecular flexibility index (Phi) is 4.60. The van der Waals surface area contributed by atoms with Gasteiger partial charge >= 0.3 is 12.2 Å². The lowest BCUT2D eigenvalue weighted by Gasteiger charge is -2.19. The molecule has 0 radical (unpaired) electrons. The van der Waals surface area contributed by atoms with Crippen LogP contribution in [0.5, 0.6) is 0 Å². The van der Waals surface area contributed by atoms with Crippen LogP contribution in [-0.2, 0) is 12.7 Å². The van der Waals surface area contributed by atoms with Crippen molar-refractivity contribution in [1.82, 2.24) is 4.90 Å². The van der Waals surface area contributed by atoms with Crippen molar-refractivity contribution in [2.75, 3.05) is 18.0 Å². The fraction of sp³-hybridized carbons (Fsp3) is 0.235. The van der Waals surface area contributed by atoms with E-state index < -0.39 is 17.6 Å². The minimum absolute atomic E-state index is 0.0773. The molecule has 1 heterocycles. The standard InChI is InChI=1S/C17H13ClF4N2O/c18-14-9-13(5-6-15(14)19)24-8-7-23(16(24)25)10-11-1-3-12(4-2-11)17(20,21)22/h1-6,9H,7-8,10H2. The van der Waals surface area contributed by atoms with Crippen LogP contribution in [0.4, 0.5) is 28.0 Å². The maximum absolute atomic E-state index is 13.2. The van der Waals surface area contributed by atoms with Gasteiger partial charge in [-0.25, -0.2) is 9.18 Å². The van der Waals surface area contributed by atoms with E-state index in [2.05, 4.69) is 0 Å². The van der Waals surface area contributed by atoms with Crippen molar-refractivity contribution >= 4 is 23.3 Å². The quantitative estimate of drug-likeness (QED) is 0.700. The molecule has 25 heavy (non-hydrogen) atoms. The van der Waals surface area contributed by atoms with E-state index in [1.165, 1.54) is 40.1 Å². The fourth-order valence-corrected chi connectivity index (χ4v) is 2.82. The number of carbonyl (C=O) groups is 1. The Labute approximate surface area is 146 Å². The molecule has 1 fully saturated rings. The highest BCUT2D eigenvalue weighted by Gasteiger charge is 2.31. The van der Waals surface area contributed by atoms with Gasteiger partial charge in [0.2, 0.25) is 0 Å². The molecule has 132 valence electrons. The SMILES string of the molecule is O=C1N(Cc2ccc(C(F)(F)F)cc2)CCN1c1ccc(F)c(Cl)c1. The van der Waals surface area contributed by atoms with E-state index in [1.807, 2.05) is 0 Å². The van der Waals surface area contributed by atoms with Crippen molar-refractivity contribution in [2.45, 2.75) is 12.7 Å². The van der Waals surface area contributed by atoms with Crippen LogP contribution in [0.25, 0.3) is 0 Å². The van der Waals surface area contributed by atoms with Gasteiger partial charge in [0.1, 0.15) is 5.82 Å². The highest BCUT2D eigenvalue weighted by atomic mass is 35.5. The number of amides is 2. The summed E-state index contributed by atoms with van der Waals surface area (Å²) in [5.74, 6) is -0.571. The molecule has 0 unspecified atom stereocenters. The normalized spacial score (nSPS) is 15.2. The van der Waals surface area contributed by atoms with Crippen LogP contribution in [-0.4, -0.2) is 24.0 Å². The maximum Gasteiger partial charge on any atom is 0.416 e. The second-order valence-corrected chi connectivity index (χ2v) is 6.06. The lowest BCUT2D eigenvalue weighted by Crippen LogP contribution is -2.31. The summed E-state index contributed by atoms with van der Waals surface area (Å²) in [5.41, 5.74) is 0.346. The van der Waals surface area contributed by atoms with E-state index in [9.17, 15) is 22.4 Å². The van der Waals surface area contributed by atoms with Gasteiger partial charge in [0.05, 0.1) is 10.6 Å². The molecule has 0 bridgehead atoms. The van der Waals surface area contributed by atoms with Crippen LogP contribution in [0, 0.1) is 5.82 Å². The zero-order valence-corrected chi connectivity index (χ0v) is 13.6. The van der Waals surface area contributed by atoms with E-state index in [1.54, 1.807) is 0 Å². The number of halogens is 5. The molecule has 0 N–H and O–H groups in total. The lowest BCUT2D eigenvalue weighted by molar-refractivity contribution is -0.137. The van der Waals surface area contributed by atoms with E-state index in [0.29, 0.717) is 24.3 Å². The molecule has 1 aliphatic rings. The number of rotatable bonds is 3.